The van der Waals surface area contributed by atoms with Crippen molar-refractivity contribution in [1.82, 2.24) is 9.78 Å². The molecule has 88 valence electrons. The van der Waals surface area contributed by atoms with Crippen LogP contribution < -0.4 is 0 Å². The van der Waals surface area contributed by atoms with Crippen molar-refractivity contribution in [3.8, 4) is 0 Å². The van der Waals surface area contributed by atoms with E-state index in [1.807, 2.05) is 0 Å². The smallest absolute Gasteiger partial charge is 0.264 e. The standard InChI is InChI=1S/C8H8BrCl2N3O2/c1-14-7(11)5(6(10)12-14)8-13-15-3-4(2-9)16-8/h4H,2-3H2,1H3. The van der Waals surface area contributed by atoms with E-state index in [1.165, 1.54) is 4.68 Å². The van der Waals surface area contributed by atoms with Crippen LogP contribution in [0.5, 0.6) is 0 Å². The third-order valence-electron chi connectivity index (χ3n) is 2.01. The first-order chi connectivity index (χ1) is 7.63. The lowest BCUT2D eigenvalue weighted by Crippen LogP contribution is -2.29. The van der Waals surface area contributed by atoms with Gasteiger partial charge in [-0.25, -0.2) is 0 Å². The predicted octanol–water partition coefficient (Wildman–Crippen LogP) is 2.20. The Kier molecular flexibility index (Phi) is 3.61. The van der Waals surface area contributed by atoms with Gasteiger partial charge in [0.25, 0.3) is 5.90 Å². The summed E-state index contributed by atoms with van der Waals surface area (Å²) in [5.41, 5.74) is 0.455. The maximum Gasteiger partial charge on any atom is 0.264 e. The third-order valence-corrected chi connectivity index (χ3v) is 3.43. The molecule has 0 amide bonds. The molecule has 0 fully saturated rings. The Balaban J connectivity index is 2.33. The Morgan fingerprint density at radius 3 is 2.88 bits per heavy atom. The Hall–Kier alpha value is -0.460. The number of alkyl halides is 1. The summed E-state index contributed by atoms with van der Waals surface area (Å²) in [6.45, 7) is 0.393. The van der Waals surface area contributed by atoms with Crippen molar-refractivity contribution >= 4 is 45.0 Å². The van der Waals surface area contributed by atoms with Crippen LogP contribution in [0, 0.1) is 0 Å². The molecule has 2 rings (SSSR count). The van der Waals surface area contributed by atoms with Crippen molar-refractivity contribution in [2.45, 2.75) is 6.10 Å². The second-order valence-corrected chi connectivity index (χ2v) is 4.53. The van der Waals surface area contributed by atoms with E-state index in [1.54, 1.807) is 7.05 Å². The van der Waals surface area contributed by atoms with Gasteiger partial charge in [-0.05, 0) is 5.16 Å². The molecule has 8 heteroatoms. The van der Waals surface area contributed by atoms with Crippen molar-refractivity contribution in [3.63, 3.8) is 0 Å². The number of hydrogen-bond donors (Lipinski definition) is 0. The maximum atomic E-state index is 6.03. The van der Waals surface area contributed by atoms with E-state index in [-0.39, 0.29) is 17.2 Å². The summed E-state index contributed by atoms with van der Waals surface area (Å²) in [6, 6.07) is 0. The van der Waals surface area contributed by atoms with Crippen LogP contribution in [0.2, 0.25) is 10.3 Å². The van der Waals surface area contributed by atoms with E-state index in [0.29, 0.717) is 22.7 Å². The first kappa shape index (κ1) is 12.0. The van der Waals surface area contributed by atoms with Gasteiger partial charge in [0.2, 0.25) is 0 Å². The van der Waals surface area contributed by atoms with Crippen molar-refractivity contribution < 1.29 is 9.57 Å². The summed E-state index contributed by atoms with van der Waals surface area (Å²) >= 11 is 15.3. The first-order valence-corrected chi connectivity index (χ1v) is 6.32. The van der Waals surface area contributed by atoms with E-state index in [0.717, 1.165) is 0 Å². The Labute approximate surface area is 110 Å². The molecule has 0 aromatic carbocycles. The molecule has 0 aliphatic carbocycles. The van der Waals surface area contributed by atoms with Crippen LogP contribution in [0.15, 0.2) is 5.16 Å². The first-order valence-electron chi connectivity index (χ1n) is 4.44. The molecular formula is C8H8BrCl2N3O2. The van der Waals surface area contributed by atoms with Gasteiger partial charge in [-0.2, -0.15) is 5.10 Å². The molecule has 5 nitrogen and oxygen atoms in total. The number of hydrogen-bond acceptors (Lipinski definition) is 4. The van der Waals surface area contributed by atoms with Gasteiger partial charge in [-0.3, -0.25) is 4.68 Å². The summed E-state index contributed by atoms with van der Waals surface area (Å²) in [6.07, 6.45) is -0.111. The van der Waals surface area contributed by atoms with Gasteiger partial charge in [0.15, 0.2) is 11.8 Å². The van der Waals surface area contributed by atoms with E-state index in [4.69, 9.17) is 32.8 Å². The van der Waals surface area contributed by atoms with Crippen LogP contribution in [0.25, 0.3) is 0 Å². The minimum Gasteiger partial charge on any atom is -0.467 e. The number of aromatic nitrogens is 2. The van der Waals surface area contributed by atoms with Crippen molar-refractivity contribution in [3.05, 3.63) is 15.9 Å². The SMILES string of the molecule is Cn1nc(Cl)c(C2=NOCC(CBr)O2)c1Cl. The maximum absolute atomic E-state index is 6.03. The van der Waals surface area contributed by atoms with Gasteiger partial charge in [0, 0.05) is 12.4 Å². The van der Waals surface area contributed by atoms with Crippen LogP contribution in [-0.2, 0) is 16.6 Å². The summed E-state index contributed by atoms with van der Waals surface area (Å²) in [5.74, 6) is 0.263. The molecule has 1 aromatic heterocycles. The fourth-order valence-corrected chi connectivity index (χ4v) is 2.08. The molecule has 1 unspecified atom stereocenters. The number of rotatable bonds is 2. The highest BCUT2D eigenvalue weighted by atomic mass is 79.9. The molecule has 0 saturated heterocycles. The van der Waals surface area contributed by atoms with Crippen molar-refractivity contribution in [2.24, 2.45) is 12.2 Å². The quantitative estimate of drug-likeness (QED) is 0.782. The second-order valence-electron chi connectivity index (χ2n) is 3.17. The van der Waals surface area contributed by atoms with Crippen molar-refractivity contribution in [1.29, 1.82) is 0 Å². The lowest BCUT2D eigenvalue weighted by atomic mass is 10.3. The molecule has 1 aliphatic heterocycles. The number of ether oxygens (including phenoxy) is 1. The molecule has 2 heterocycles. The fraction of sp³-hybridized carbons (Fsp3) is 0.500. The molecule has 1 atom stereocenters. The third kappa shape index (κ3) is 2.14. The van der Waals surface area contributed by atoms with E-state index < -0.39 is 0 Å². The monoisotopic (exact) mass is 327 g/mol. The average Bonchev–Trinajstić information content (AvgIpc) is 2.53. The highest BCUT2D eigenvalue weighted by Gasteiger charge is 2.26. The van der Waals surface area contributed by atoms with Gasteiger partial charge < -0.3 is 9.57 Å². The van der Waals surface area contributed by atoms with E-state index in [2.05, 4.69) is 26.2 Å². The van der Waals surface area contributed by atoms with Gasteiger partial charge in [-0.1, -0.05) is 39.1 Å². The zero-order chi connectivity index (χ0) is 11.7. The van der Waals surface area contributed by atoms with Crippen LogP contribution in [0.4, 0.5) is 0 Å². The molecule has 0 saturated carbocycles. The lowest BCUT2D eigenvalue weighted by molar-refractivity contribution is 0.0223. The van der Waals surface area contributed by atoms with Crippen molar-refractivity contribution in [2.75, 3.05) is 11.9 Å². The fourth-order valence-electron chi connectivity index (χ4n) is 1.22. The highest BCUT2D eigenvalue weighted by molar-refractivity contribution is 9.09. The zero-order valence-electron chi connectivity index (χ0n) is 8.28. The average molecular weight is 329 g/mol. The predicted molar refractivity (Wildman–Crippen MR) is 64.4 cm³/mol. The molecular weight excluding hydrogens is 321 g/mol. The molecule has 0 spiro atoms. The van der Waals surface area contributed by atoms with Gasteiger partial charge in [0.05, 0.1) is 0 Å². The zero-order valence-corrected chi connectivity index (χ0v) is 11.4. The normalized spacial score (nSPS) is 20.0. The second kappa shape index (κ2) is 4.81. The Morgan fingerprint density at radius 2 is 2.31 bits per heavy atom. The minimum atomic E-state index is -0.111. The summed E-state index contributed by atoms with van der Waals surface area (Å²) in [7, 11) is 1.68. The molecule has 1 aliphatic rings. The molecule has 0 bridgehead atoms. The Bertz CT molecular complexity index is 435. The number of oxime groups is 1. The van der Waals surface area contributed by atoms with Crippen LogP contribution in [0.1, 0.15) is 5.56 Å². The summed E-state index contributed by atoms with van der Waals surface area (Å²) in [5, 5.41) is 8.99. The van der Waals surface area contributed by atoms with Gasteiger partial charge in [0.1, 0.15) is 16.8 Å². The molecule has 1 aromatic rings. The number of halogens is 3. The lowest BCUT2D eigenvalue weighted by Gasteiger charge is -2.20. The summed E-state index contributed by atoms with van der Waals surface area (Å²) in [4.78, 5) is 5.04. The molecule has 0 radical (unpaired) electrons. The van der Waals surface area contributed by atoms with Gasteiger partial charge in [-0.15, -0.1) is 0 Å². The largest absolute Gasteiger partial charge is 0.467 e. The van der Waals surface area contributed by atoms with Crippen LogP contribution in [-0.4, -0.2) is 33.7 Å². The Morgan fingerprint density at radius 1 is 1.56 bits per heavy atom. The molecule has 0 N–H and O–H groups in total. The van der Waals surface area contributed by atoms with Crippen LogP contribution in [0.3, 0.4) is 0 Å². The topological polar surface area (TPSA) is 48.6 Å². The molecule has 16 heavy (non-hydrogen) atoms. The number of aryl methyl sites for hydroxylation is 1. The van der Waals surface area contributed by atoms with Crippen LogP contribution >= 0.6 is 39.1 Å². The van der Waals surface area contributed by atoms with Gasteiger partial charge >= 0.3 is 0 Å². The van der Waals surface area contributed by atoms with E-state index >= 15 is 0 Å². The summed E-state index contributed by atoms with van der Waals surface area (Å²) < 4.78 is 7.00. The van der Waals surface area contributed by atoms with E-state index in [9.17, 15) is 0 Å². The minimum absolute atomic E-state index is 0.111. The number of nitrogens with zero attached hydrogens (tertiary/aromatic N) is 3. The highest BCUT2D eigenvalue weighted by Crippen LogP contribution is 2.26.